The van der Waals surface area contributed by atoms with E-state index in [0.717, 1.165) is 0 Å². The zero-order valence-electron chi connectivity index (χ0n) is 6.32. The molecule has 4 nitrogen and oxygen atoms in total. The number of pyridine rings is 1. The summed E-state index contributed by atoms with van der Waals surface area (Å²) in [5.74, 6) is -1.22. The molecule has 0 bridgehead atoms. The molecular weight excluding hydrogens is 238 g/mol. The molecule has 0 saturated heterocycles. The zero-order chi connectivity index (χ0) is 9.42. The summed E-state index contributed by atoms with van der Waals surface area (Å²) in [6.45, 7) is 0. The molecule has 0 aliphatic rings. The third kappa shape index (κ3) is 1.21. The summed E-state index contributed by atoms with van der Waals surface area (Å²) in [5, 5.41) is 8.72. The van der Waals surface area contributed by atoms with Crippen molar-refractivity contribution in [3.8, 4) is 0 Å². The molecule has 0 fully saturated rings. The van der Waals surface area contributed by atoms with E-state index in [2.05, 4.69) is 20.9 Å². The van der Waals surface area contributed by atoms with Crippen molar-refractivity contribution >= 4 is 33.0 Å². The molecule has 2 aromatic heterocycles. The van der Waals surface area contributed by atoms with Gasteiger partial charge in [-0.3, -0.25) is 4.98 Å². The molecule has 2 rings (SSSR count). The predicted molar refractivity (Wildman–Crippen MR) is 48.7 cm³/mol. The molecular formula is C8H4BrNO3. The molecule has 0 saturated carbocycles. The molecule has 0 aromatic carbocycles. The number of halogens is 1. The van der Waals surface area contributed by atoms with Crippen molar-refractivity contribution in [3.05, 3.63) is 28.6 Å². The minimum atomic E-state index is -1.11. The number of carbonyl (C=O) groups is 1. The van der Waals surface area contributed by atoms with Crippen molar-refractivity contribution in [3.63, 3.8) is 0 Å². The maximum absolute atomic E-state index is 10.6. The summed E-state index contributed by atoms with van der Waals surface area (Å²) in [7, 11) is 0. The van der Waals surface area contributed by atoms with E-state index in [1.165, 1.54) is 0 Å². The summed E-state index contributed by atoms with van der Waals surface area (Å²) in [6.07, 6.45) is 1.58. The summed E-state index contributed by atoms with van der Waals surface area (Å²) in [4.78, 5) is 14.6. The molecule has 0 amide bonds. The lowest BCUT2D eigenvalue weighted by Crippen LogP contribution is -1.93. The second kappa shape index (κ2) is 2.85. The Bertz CT molecular complexity index is 477. The standard InChI is InChI=1S/C8H4BrNO3/c9-5-6-4(2-1-3-10-6)13-7(5)8(11)12/h1-3H,(H,11,12). The fraction of sp³-hybridized carbons (Fsp3) is 0. The van der Waals surface area contributed by atoms with Crippen LogP contribution in [0.4, 0.5) is 0 Å². The number of hydrogen-bond donors (Lipinski definition) is 1. The Morgan fingerprint density at radius 3 is 3.00 bits per heavy atom. The van der Waals surface area contributed by atoms with Gasteiger partial charge in [-0.25, -0.2) is 4.79 Å². The van der Waals surface area contributed by atoms with Crippen molar-refractivity contribution in [1.82, 2.24) is 4.98 Å². The predicted octanol–water partition coefficient (Wildman–Crippen LogP) is 2.29. The van der Waals surface area contributed by atoms with Gasteiger partial charge >= 0.3 is 5.97 Å². The topological polar surface area (TPSA) is 63.3 Å². The number of aromatic carboxylic acids is 1. The highest BCUT2D eigenvalue weighted by Gasteiger charge is 2.17. The summed E-state index contributed by atoms with van der Waals surface area (Å²) in [6, 6.07) is 3.35. The van der Waals surface area contributed by atoms with Crippen LogP contribution in [0.1, 0.15) is 10.6 Å². The molecule has 0 radical (unpaired) electrons. The van der Waals surface area contributed by atoms with E-state index in [0.29, 0.717) is 15.6 Å². The van der Waals surface area contributed by atoms with Gasteiger partial charge in [-0.05, 0) is 28.1 Å². The van der Waals surface area contributed by atoms with E-state index in [-0.39, 0.29) is 5.76 Å². The fourth-order valence-corrected chi connectivity index (χ4v) is 1.59. The minimum absolute atomic E-state index is 0.117. The van der Waals surface area contributed by atoms with E-state index in [1.54, 1.807) is 18.3 Å². The average molecular weight is 242 g/mol. The molecule has 2 heterocycles. The largest absolute Gasteiger partial charge is 0.475 e. The van der Waals surface area contributed by atoms with Crippen LogP contribution in [0.25, 0.3) is 11.1 Å². The van der Waals surface area contributed by atoms with Gasteiger partial charge in [0.1, 0.15) is 5.52 Å². The molecule has 13 heavy (non-hydrogen) atoms. The maximum Gasteiger partial charge on any atom is 0.373 e. The van der Waals surface area contributed by atoms with Crippen LogP contribution in [0.3, 0.4) is 0 Å². The smallest absolute Gasteiger partial charge is 0.373 e. The van der Waals surface area contributed by atoms with Crippen LogP contribution in [-0.2, 0) is 0 Å². The number of carboxylic acids is 1. The van der Waals surface area contributed by atoms with E-state index in [9.17, 15) is 4.79 Å². The molecule has 0 unspecified atom stereocenters. The third-order valence-electron chi connectivity index (χ3n) is 1.58. The van der Waals surface area contributed by atoms with E-state index in [1.807, 2.05) is 0 Å². The second-order valence-corrected chi connectivity index (χ2v) is 3.19. The first kappa shape index (κ1) is 8.25. The first-order chi connectivity index (χ1) is 6.20. The first-order valence-corrected chi connectivity index (χ1v) is 4.26. The monoisotopic (exact) mass is 241 g/mol. The minimum Gasteiger partial charge on any atom is -0.475 e. The number of carboxylic acid groups (broad SMARTS) is 1. The van der Waals surface area contributed by atoms with Crippen molar-refractivity contribution in [2.75, 3.05) is 0 Å². The Balaban J connectivity index is 2.81. The first-order valence-electron chi connectivity index (χ1n) is 3.46. The number of rotatable bonds is 1. The van der Waals surface area contributed by atoms with Crippen LogP contribution in [0.5, 0.6) is 0 Å². The highest BCUT2D eigenvalue weighted by atomic mass is 79.9. The van der Waals surface area contributed by atoms with Crippen LogP contribution < -0.4 is 0 Å². The number of nitrogens with zero attached hydrogens (tertiary/aromatic N) is 1. The molecule has 0 aliphatic carbocycles. The third-order valence-corrected chi connectivity index (χ3v) is 2.32. The molecule has 0 spiro atoms. The Kier molecular flexibility index (Phi) is 1.81. The van der Waals surface area contributed by atoms with Crippen molar-refractivity contribution in [1.29, 1.82) is 0 Å². The van der Waals surface area contributed by atoms with Gasteiger partial charge < -0.3 is 9.52 Å². The highest BCUT2D eigenvalue weighted by molar-refractivity contribution is 9.10. The Labute approximate surface area is 81.3 Å². The molecule has 0 aliphatic heterocycles. The number of fused-ring (bicyclic) bond motifs is 1. The number of aromatic nitrogens is 1. The Morgan fingerprint density at radius 2 is 2.38 bits per heavy atom. The second-order valence-electron chi connectivity index (χ2n) is 2.40. The van der Waals surface area contributed by atoms with Crippen molar-refractivity contribution < 1.29 is 14.3 Å². The molecule has 0 atom stereocenters. The van der Waals surface area contributed by atoms with Gasteiger partial charge in [-0.15, -0.1) is 0 Å². The van der Waals surface area contributed by atoms with Gasteiger partial charge in [0, 0.05) is 6.20 Å². The molecule has 1 N–H and O–H groups in total. The van der Waals surface area contributed by atoms with Gasteiger partial charge in [-0.2, -0.15) is 0 Å². The summed E-state index contributed by atoms with van der Waals surface area (Å²) >= 11 is 3.12. The Hall–Kier alpha value is -1.36. The summed E-state index contributed by atoms with van der Waals surface area (Å²) < 4.78 is 5.44. The molecule has 66 valence electrons. The molecule has 2 aromatic rings. The van der Waals surface area contributed by atoms with Gasteiger partial charge in [-0.1, -0.05) is 0 Å². The van der Waals surface area contributed by atoms with Crippen LogP contribution in [0.2, 0.25) is 0 Å². The summed E-state index contributed by atoms with van der Waals surface area (Å²) in [5.41, 5.74) is 0.992. The van der Waals surface area contributed by atoms with Gasteiger partial charge in [0.25, 0.3) is 0 Å². The van der Waals surface area contributed by atoms with E-state index in [4.69, 9.17) is 9.52 Å². The van der Waals surface area contributed by atoms with Gasteiger partial charge in [0.05, 0.1) is 4.47 Å². The van der Waals surface area contributed by atoms with Crippen molar-refractivity contribution in [2.45, 2.75) is 0 Å². The SMILES string of the molecule is O=C(O)c1oc2cccnc2c1Br. The van der Waals surface area contributed by atoms with Crippen LogP contribution in [-0.4, -0.2) is 16.1 Å². The molecule has 5 heteroatoms. The zero-order valence-corrected chi connectivity index (χ0v) is 7.91. The van der Waals surface area contributed by atoms with Gasteiger partial charge in [0.2, 0.25) is 5.76 Å². The van der Waals surface area contributed by atoms with Crippen LogP contribution in [0.15, 0.2) is 27.2 Å². The highest BCUT2D eigenvalue weighted by Crippen LogP contribution is 2.28. The average Bonchev–Trinajstić information content (AvgIpc) is 2.45. The van der Waals surface area contributed by atoms with Gasteiger partial charge in [0.15, 0.2) is 5.58 Å². The van der Waals surface area contributed by atoms with Crippen LogP contribution >= 0.6 is 15.9 Å². The van der Waals surface area contributed by atoms with Crippen molar-refractivity contribution in [2.24, 2.45) is 0 Å². The van der Waals surface area contributed by atoms with E-state index < -0.39 is 5.97 Å². The lowest BCUT2D eigenvalue weighted by atomic mass is 10.4. The quantitative estimate of drug-likeness (QED) is 0.833. The number of furan rings is 1. The van der Waals surface area contributed by atoms with Crippen LogP contribution in [0, 0.1) is 0 Å². The maximum atomic E-state index is 10.6. The van der Waals surface area contributed by atoms with E-state index >= 15 is 0 Å². The fourth-order valence-electron chi connectivity index (χ4n) is 1.04. The Morgan fingerprint density at radius 1 is 1.62 bits per heavy atom. The normalized spacial score (nSPS) is 10.5. The lowest BCUT2D eigenvalue weighted by molar-refractivity contribution is 0.0663. The number of hydrogen-bond acceptors (Lipinski definition) is 3. The lowest BCUT2D eigenvalue weighted by Gasteiger charge is -1.84.